The van der Waals surface area contributed by atoms with Gasteiger partial charge in [-0.05, 0) is 67.4 Å². The van der Waals surface area contributed by atoms with E-state index in [1.807, 2.05) is 30.3 Å². The van der Waals surface area contributed by atoms with Gasteiger partial charge < -0.3 is 10.2 Å². The van der Waals surface area contributed by atoms with Gasteiger partial charge in [-0.15, -0.1) is 0 Å². The van der Waals surface area contributed by atoms with Crippen LogP contribution in [0.3, 0.4) is 0 Å². The van der Waals surface area contributed by atoms with Crippen molar-refractivity contribution in [2.45, 2.75) is 44.4 Å². The first-order valence-electron chi connectivity index (χ1n) is 12.3. The molecule has 33 heavy (non-hydrogen) atoms. The van der Waals surface area contributed by atoms with Gasteiger partial charge in [0.15, 0.2) is 0 Å². The van der Waals surface area contributed by atoms with Crippen LogP contribution >= 0.6 is 0 Å². The number of rotatable bonds is 7. The standard InChI is InChI=1S/C28H33FN2O2/c1-19(15-26(32)24-16-23(24)20-5-3-2-4-6-20)18-31-13-11-28(12-14-31)25(17-30-27(28)33)21-7-9-22(29)10-8-21/h2-10,19,23-25H,11-18H2,1H3,(H,30,33)/t19-,23+,24?,25?/m1/s1. The molecule has 2 aromatic rings. The van der Waals surface area contributed by atoms with Crippen molar-refractivity contribution in [3.05, 3.63) is 71.5 Å². The van der Waals surface area contributed by atoms with Crippen LogP contribution in [-0.2, 0) is 9.59 Å². The second-order valence-corrected chi connectivity index (χ2v) is 10.4. The first-order valence-corrected chi connectivity index (χ1v) is 12.3. The number of piperidine rings is 1. The zero-order valence-electron chi connectivity index (χ0n) is 19.3. The molecule has 2 unspecified atom stereocenters. The van der Waals surface area contributed by atoms with Crippen LogP contribution in [-0.4, -0.2) is 42.8 Å². The van der Waals surface area contributed by atoms with Crippen molar-refractivity contribution >= 4 is 11.7 Å². The Labute approximate surface area is 195 Å². The van der Waals surface area contributed by atoms with Crippen molar-refractivity contribution in [1.29, 1.82) is 0 Å². The van der Waals surface area contributed by atoms with Gasteiger partial charge in [-0.1, -0.05) is 49.4 Å². The number of carbonyl (C=O) groups is 2. The molecular formula is C28H33FN2O2. The molecule has 1 N–H and O–H groups in total. The normalized spacial score (nSPS) is 27.3. The summed E-state index contributed by atoms with van der Waals surface area (Å²) < 4.78 is 13.4. The van der Waals surface area contributed by atoms with E-state index in [4.69, 9.17) is 0 Å². The van der Waals surface area contributed by atoms with E-state index in [-0.39, 0.29) is 23.6 Å². The number of hydrogen-bond acceptors (Lipinski definition) is 3. The molecule has 2 heterocycles. The summed E-state index contributed by atoms with van der Waals surface area (Å²) in [7, 11) is 0. The monoisotopic (exact) mass is 448 g/mol. The second kappa shape index (κ2) is 9.02. The maximum absolute atomic E-state index is 13.4. The van der Waals surface area contributed by atoms with Crippen LogP contribution in [0, 0.1) is 23.1 Å². The topological polar surface area (TPSA) is 49.4 Å². The van der Waals surface area contributed by atoms with Gasteiger partial charge in [0, 0.05) is 31.3 Å². The minimum absolute atomic E-state index is 0.0940. The number of halogens is 1. The Morgan fingerprint density at radius 2 is 1.79 bits per heavy atom. The molecule has 3 aliphatic rings. The Bertz CT molecular complexity index is 998. The molecule has 1 spiro atoms. The predicted molar refractivity (Wildman–Crippen MR) is 126 cm³/mol. The molecule has 0 aromatic heterocycles. The van der Waals surface area contributed by atoms with Crippen molar-refractivity contribution in [1.82, 2.24) is 10.2 Å². The van der Waals surface area contributed by atoms with Crippen molar-refractivity contribution in [3.63, 3.8) is 0 Å². The Balaban J connectivity index is 1.14. The van der Waals surface area contributed by atoms with Crippen LogP contribution in [0.5, 0.6) is 0 Å². The minimum Gasteiger partial charge on any atom is -0.355 e. The van der Waals surface area contributed by atoms with Crippen molar-refractivity contribution < 1.29 is 14.0 Å². The molecule has 1 aliphatic carbocycles. The molecule has 0 bridgehead atoms. The highest BCUT2D eigenvalue weighted by Crippen LogP contribution is 2.49. The molecule has 2 saturated heterocycles. The predicted octanol–water partition coefficient (Wildman–Crippen LogP) is 4.52. The van der Waals surface area contributed by atoms with E-state index in [2.05, 4.69) is 29.3 Å². The molecule has 4 nitrogen and oxygen atoms in total. The summed E-state index contributed by atoms with van der Waals surface area (Å²) in [5, 5.41) is 3.07. The van der Waals surface area contributed by atoms with Gasteiger partial charge in [0.1, 0.15) is 11.6 Å². The average molecular weight is 449 g/mol. The van der Waals surface area contributed by atoms with Crippen LogP contribution in [0.2, 0.25) is 0 Å². The average Bonchev–Trinajstić information content (AvgIpc) is 3.57. The molecule has 174 valence electrons. The quantitative estimate of drug-likeness (QED) is 0.678. The Morgan fingerprint density at radius 1 is 1.09 bits per heavy atom. The van der Waals surface area contributed by atoms with E-state index in [1.165, 1.54) is 17.7 Å². The lowest BCUT2D eigenvalue weighted by molar-refractivity contribution is -0.130. The largest absolute Gasteiger partial charge is 0.355 e. The number of Topliss-reactive ketones (excluding diaryl/α,β-unsaturated/α-hetero) is 1. The van der Waals surface area contributed by atoms with Crippen molar-refractivity contribution in [3.8, 4) is 0 Å². The fraction of sp³-hybridized carbons (Fsp3) is 0.500. The number of amides is 1. The summed E-state index contributed by atoms with van der Waals surface area (Å²) in [6.45, 7) is 5.41. The van der Waals surface area contributed by atoms with Gasteiger partial charge in [0.05, 0.1) is 5.41 Å². The summed E-state index contributed by atoms with van der Waals surface area (Å²) in [4.78, 5) is 28.1. The summed E-state index contributed by atoms with van der Waals surface area (Å²) in [5.41, 5.74) is 1.93. The van der Waals surface area contributed by atoms with Gasteiger partial charge >= 0.3 is 0 Å². The van der Waals surface area contributed by atoms with Crippen LogP contribution in [0.25, 0.3) is 0 Å². The Morgan fingerprint density at radius 3 is 2.48 bits per heavy atom. The summed E-state index contributed by atoms with van der Waals surface area (Å²) in [5.74, 6) is 1.30. The lowest BCUT2D eigenvalue weighted by Gasteiger charge is -2.41. The third-order valence-corrected chi connectivity index (χ3v) is 8.16. The van der Waals surface area contributed by atoms with E-state index in [1.54, 1.807) is 0 Å². The highest BCUT2D eigenvalue weighted by atomic mass is 19.1. The van der Waals surface area contributed by atoms with Crippen LogP contribution < -0.4 is 5.32 Å². The molecule has 3 fully saturated rings. The number of nitrogens with zero attached hydrogens (tertiary/aromatic N) is 1. The summed E-state index contributed by atoms with van der Waals surface area (Å²) in [6, 6.07) is 17.0. The number of carbonyl (C=O) groups excluding carboxylic acids is 2. The Kier molecular flexibility index (Phi) is 6.09. The van der Waals surface area contributed by atoms with Crippen molar-refractivity contribution in [2.75, 3.05) is 26.2 Å². The first kappa shape index (κ1) is 22.3. The summed E-state index contributed by atoms with van der Waals surface area (Å²) >= 11 is 0. The van der Waals surface area contributed by atoms with E-state index in [0.717, 1.165) is 44.5 Å². The van der Waals surface area contributed by atoms with Gasteiger partial charge in [0.25, 0.3) is 0 Å². The van der Waals surface area contributed by atoms with Gasteiger partial charge in [-0.25, -0.2) is 4.39 Å². The SMILES string of the molecule is C[C@H](CC(=O)C1C[C@H]1c1ccccc1)CN1CCC2(CC1)C(=O)NCC2c1ccc(F)cc1. The highest BCUT2D eigenvalue weighted by molar-refractivity contribution is 5.87. The van der Waals surface area contributed by atoms with E-state index < -0.39 is 5.41 Å². The summed E-state index contributed by atoms with van der Waals surface area (Å²) in [6.07, 6.45) is 3.23. The molecule has 2 aliphatic heterocycles. The van der Waals surface area contributed by atoms with Gasteiger partial charge in [-0.3, -0.25) is 9.59 Å². The van der Waals surface area contributed by atoms with Crippen LogP contribution in [0.15, 0.2) is 54.6 Å². The number of benzene rings is 2. The second-order valence-electron chi connectivity index (χ2n) is 10.4. The number of hydrogen-bond donors (Lipinski definition) is 1. The fourth-order valence-corrected chi connectivity index (χ4v) is 6.19. The molecule has 0 radical (unpaired) electrons. The number of nitrogens with one attached hydrogen (secondary N) is 1. The third-order valence-electron chi connectivity index (χ3n) is 8.16. The van der Waals surface area contributed by atoms with E-state index >= 15 is 0 Å². The zero-order chi connectivity index (χ0) is 23.0. The van der Waals surface area contributed by atoms with Gasteiger partial charge in [-0.2, -0.15) is 0 Å². The first-order chi connectivity index (χ1) is 16.0. The molecule has 1 amide bonds. The molecule has 4 atom stereocenters. The van der Waals surface area contributed by atoms with Crippen LogP contribution in [0.4, 0.5) is 4.39 Å². The number of likely N-dealkylation sites (tertiary alicyclic amines) is 1. The van der Waals surface area contributed by atoms with E-state index in [0.29, 0.717) is 30.6 Å². The van der Waals surface area contributed by atoms with E-state index in [9.17, 15) is 14.0 Å². The zero-order valence-corrected chi connectivity index (χ0v) is 19.3. The molecule has 5 heteroatoms. The highest BCUT2D eigenvalue weighted by Gasteiger charge is 2.52. The third kappa shape index (κ3) is 4.48. The molecule has 5 rings (SSSR count). The van der Waals surface area contributed by atoms with Crippen molar-refractivity contribution in [2.24, 2.45) is 17.3 Å². The molecule has 2 aromatic carbocycles. The smallest absolute Gasteiger partial charge is 0.227 e. The lowest BCUT2D eigenvalue weighted by atomic mass is 9.68. The maximum atomic E-state index is 13.4. The molecular weight excluding hydrogens is 415 g/mol. The maximum Gasteiger partial charge on any atom is 0.227 e. The van der Waals surface area contributed by atoms with Crippen LogP contribution in [0.1, 0.15) is 55.6 Å². The molecule has 1 saturated carbocycles. The number of ketones is 1. The Hall–Kier alpha value is -2.53. The lowest BCUT2D eigenvalue weighted by Crippen LogP contribution is -2.47. The van der Waals surface area contributed by atoms with Gasteiger partial charge in [0.2, 0.25) is 5.91 Å². The minimum atomic E-state index is -0.399. The fourth-order valence-electron chi connectivity index (χ4n) is 6.19.